The normalized spacial score (nSPS) is 12.4. The van der Waals surface area contributed by atoms with Crippen molar-refractivity contribution in [3.63, 3.8) is 0 Å². The fraction of sp³-hybridized carbons (Fsp3) is 0.308. The zero-order valence-electron chi connectivity index (χ0n) is 9.92. The summed E-state index contributed by atoms with van der Waals surface area (Å²) in [4.78, 5) is 14.8. The molecule has 0 bridgehead atoms. The van der Waals surface area contributed by atoms with Crippen LogP contribution in [0.25, 0.3) is 0 Å². The molecule has 0 saturated carbocycles. The van der Waals surface area contributed by atoms with E-state index in [-0.39, 0.29) is 11.9 Å². The number of amides is 1. The zero-order valence-corrected chi connectivity index (χ0v) is 10.7. The molecule has 0 aliphatic carbocycles. The molecule has 1 unspecified atom stereocenters. The third-order valence-electron chi connectivity index (χ3n) is 2.83. The van der Waals surface area contributed by atoms with Gasteiger partial charge in [0.1, 0.15) is 5.76 Å². The van der Waals surface area contributed by atoms with Crippen molar-refractivity contribution in [1.29, 1.82) is 0 Å². The van der Waals surface area contributed by atoms with Gasteiger partial charge in [0.05, 0.1) is 18.7 Å². The summed E-state index contributed by atoms with van der Waals surface area (Å²) in [6.07, 6.45) is 2.09. The Morgan fingerprint density at radius 1 is 1.47 bits per heavy atom. The summed E-state index contributed by atoms with van der Waals surface area (Å²) in [5.41, 5.74) is 0. The number of carbonyl (C=O) groups excluding carboxylic acids is 1. The molecule has 0 aliphatic rings. The highest BCUT2D eigenvalue weighted by Crippen LogP contribution is 2.20. The van der Waals surface area contributed by atoms with Crippen LogP contribution in [0, 0.1) is 0 Å². The third-order valence-corrected chi connectivity index (χ3v) is 3.71. The first-order valence-corrected chi connectivity index (χ1v) is 6.38. The first kappa shape index (κ1) is 11.9. The average molecular weight is 249 g/mol. The molecular formula is C13H15NO2S. The van der Waals surface area contributed by atoms with Crippen molar-refractivity contribution < 1.29 is 9.21 Å². The predicted molar refractivity (Wildman–Crippen MR) is 67.9 cm³/mol. The molecule has 0 fully saturated rings. The van der Waals surface area contributed by atoms with Crippen molar-refractivity contribution in [3.05, 3.63) is 46.5 Å². The third kappa shape index (κ3) is 2.77. The molecule has 2 heterocycles. The van der Waals surface area contributed by atoms with Gasteiger partial charge in [0.2, 0.25) is 5.91 Å². The fourth-order valence-corrected chi connectivity index (χ4v) is 2.32. The van der Waals surface area contributed by atoms with Crippen LogP contribution < -0.4 is 0 Å². The van der Waals surface area contributed by atoms with Crippen LogP contribution in [-0.4, -0.2) is 17.9 Å². The van der Waals surface area contributed by atoms with E-state index in [0.29, 0.717) is 6.42 Å². The minimum absolute atomic E-state index is 0.0301. The molecule has 4 heteroatoms. The van der Waals surface area contributed by atoms with Crippen LogP contribution in [0.5, 0.6) is 0 Å². The molecule has 0 saturated heterocycles. The van der Waals surface area contributed by atoms with E-state index in [1.807, 2.05) is 43.6 Å². The van der Waals surface area contributed by atoms with Crippen molar-refractivity contribution in [3.8, 4) is 0 Å². The van der Waals surface area contributed by atoms with Crippen LogP contribution in [0.4, 0.5) is 0 Å². The molecule has 1 amide bonds. The maximum atomic E-state index is 12.0. The standard InChI is InChI=1S/C13H15NO2S/c1-10(12-6-3-7-16-12)14(2)13(15)9-11-5-4-8-17-11/h3-8,10H,9H2,1-2H3. The van der Waals surface area contributed by atoms with E-state index in [4.69, 9.17) is 4.42 Å². The topological polar surface area (TPSA) is 33.5 Å². The minimum Gasteiger partial charge on any atom is -0.467 e. The maximum Gasteiger partial charge on any atom is 0.228 e. The molecule has 0 radical (unpaired) electrons. The largest absolute Gasteiger partial charge is 0.467 e. The zero-order chi connectivity index (χ0) is 12.3. The number of hydrogen-bond donors (Lipinski definition) is 0. The van der Waals surface area contributed by atoms with E-state index >= 15 is 0 Å². The number of likely N-dealkylation sites (N-methyl/N-ethyl adjacent to an activating group) is 1. The molecule has 90 valence electrons. The highest BCUT2D eigenvalue weighted by Gasteiger charge is 2.19. The van der Waals surface area contributed by atoms with Gasteiger partial charge >= 0.3 is 0 Å². The molecule has 0 aromatic carbocycles. The molecule has 17 heavy (non-hydrogen) atoms. The van der Waals surface area contributed by atoms with Gasteiger partial charge in [0, 0.05) is 11.9 Å². The van der Waals surface area contributed by atoms with E-state index < -0.39 is 0 Å². The summed E-state index contributed by atoms with van der Waals surface area (Å²) >= 11 is 1.61. The Morgan fingerprint density at radius 2 is 2.29 bits per heavy atom. The lowest BCUT2D eigenvalue weighted by molar-refractivity contribution is -0.131. The van der Waals surface area contributed by atoms with Crippen LogP contribution in [0.2, 0.25) is 0 Å². The second kappa shape index (κ2) is 5.19. The van der Waals surface area contributed by atoms with Crippen LogP contribution in [0.15, 0.2) is 40.3 Å². The molecule has 0 aliphatic heterocycles. The fourth-order valence-electron chi connectivity index (χ4n) is 1.62. The Hall–Kier alpha value is -1.55. The van der Waals surface area contributed by atoms with Crippen LogP contribution in [0.3, 0.4) is 0 Å². The number of thiophene rings is 1. The van der Waals surface area contributed by atoms with Gasteiger partial charge in [-0.2, -0.15) is 0 Å². The van der Waals surface area contributed by atoms with Gasteiger partial charge < -0.3 is 9.32 Å². The molecule has 2 rings (SSSR count). The second-order valence-electron chi connectivity index (χ2n) is 3.95. The Labute approximate surface area is 105 Å². The van der Waals surface area contributed by atoms with Crippen LogP contribution in [-0.2, 0) is 11.2 Å². The molecule has 2 aromatic rings. The lowest BCUT2D eigenvalue weighted by Gasteiger charge is -2.23. The van der Waals surface area contributed by atoms with Crippen molar-refractivity contribution in [1.82, 2.24) is 4.90 Å². The van der Waals surface area contributed by atoms with Gasteiger partial charge in [-0.25, -0.2) is 0 Å². The van der Waals surface area contributed by atoms with Gasteiger partial charge in [-0.3, -0.25) is 4.79 Å². The molecular weight excluding hydrogens is 234 g/mol. The summed E-state index contributed by atoms with van der Waals surface area (Å²) in [6.45, 7) is 1.96. The van der Waals surface area contributed by atoms with Crippen molar-refractivity contribution in [2.45, 2.75) is 19.4 Å². The van der Waals surface area contributed by atoms with E-state index in [9.17, 15) is 4.79 Å². The highest BCUT2D eigenvalue weighted by molar-refractivity contribution is 7.10. The lowest BCUT2D eigenvalue weighted by atomic mass is 10.2. The van der Waals surface area contributed by atoms with Crippen LogP contribution in [0.1, 0.15) is 23.6 Å². The summed E-state index contributed by atoms with van der Waals surface area (Å²) in [5.74, 6) is 0.920. The minimum atomic E-state index is -0.0301. The second-order valence-corrected chi connectivity index (χ2v) is 4.98. The predicted octanol–water partition coefficient (Wildman–Crippen LogP) is 3.10. The first-order valence-electron chi connectivity index (χ1n) is 5.50. The SMILES string of the molecule is CC(c1ccco1)N(C)C(=O)Cc1cccs1. The molecule has 0 N–H and O–H groups in total. The number of carbonyl (C=O) groups is 1. The molecule has 1 atom stereocenters. The van der Waals surface area contributed by atoms with Gasteiger partial charge in [0.15, 0.2) is 0 Å². The van der Waals surface area contributed by atoms with E-state index in [1.54, 1.807) is 22.5 Å². The number of hydrogen-bond acceptors (Lipinski definition) is 3. The van der Waals surface area contributed by atoms with Gasteiger partial charge in [-0.15, -0.1) is 11.3 Å². The highest BCUT2D eigenvalue weighted by atomic mass is 32.1. The molecule has 0 spiro atoms. The molecule has 3 nitrogen and oxygen atoms in total. The van der Waals surface area contributed by atoms with Gasteiger partial charge in [0.25, 0.3) is 0 Å². The Bertz CT molecular complexity index is 462. The van der Waals surface area contributed by atoms with Gasteiger partial charge in [-0.1, -0.05) is 6.07 Å². The number of rotatable bonds is 4. The monoisotopic (exact) mass is 249 g/mol. The summed E-state index contributed by atoms with van der Waals surface area (Å²) in [5, 5.41) is 1.98. The Kier molecular flexibility index (Phi) is 3.64. The summed E-state index contributed by atoms with van der Waals surface area (Å²) in [6, 6.07) is 7.64. The van der Waals surface area contributed by atoms with Crippen molar-refractivity contribution in [2.75, 3.05) is 7.05 Å². The molecule has 2 aromatic heterocycles. The smallest absolute Gasteiger partial charge is 0.228 e. The quantitative estimate of drug-likeness (QED) is 0.834. The average Bonchev–Trinajstić information content (AvgIpc) is 2.99. The van der Waals surface area contributed by atoms with Crippen molar-refractivity contribution >= 4 is 17.2 Å². The number of nitrogens with zero attached hydrogens (tertiary/aromatic N) is 1. The van der Waals surface area contributed by atoms with E-state index in [1.165, 1.54) is 0 Å². The first-order chi connectivity index (χ1) is 8.18. The van der Waals surface area contributed by atoms with Crippen LogP contribution >= 0.6 is 11.3 Å². The Morgan fingerprint density at radius 3 is 2.88 bits per heavy atom. The van der Waals surface area contributed by atoms with E-state index in [0.717, 1.165) is 10.6 Å². The van der Waals surface area contributed by atoms with E-state index in [2.05, 4.69) is 0 Å². The summed E-state index contributed by atoms with van der Waals surface area (Å²) < 4.78 is 5.31. The summed E-state index contributed by atoms with van der Waals surface area (Å²) in [7, 11) is 1.81. The van der Waals surface area contributed by atoms with Crippen molar-refractivity contribution in [2.24, 2.45) is 0 Å². The number of furan rings is 1. The maximum absolute atomic E-state index is 12.0. The lowest BCUT2D eigenvalue weighted by Crippen LogP contribution is -2.30. The Balaban J connectivity index is 2.00. The van der Waals surface area contributed by atoms with Gasteiger partial charge in [-0.05, 0) is 30.5 Å².